The summed E-state index contributed by atoms with van der Waals surface area (Å²) in [6.45, 7) is 12.3. The summed E-state index contributed by atoms with van der Waals surface area (Å²) in [6.07, 6.45) is -0.713. The SMILES string of the molecule is CCN(C(=O)CNC(=O)OC(C)(C)C)C(C(=O)NC(C)(C)C)c1cccc(O)c1. The van der Waals surface area contributed by atoms with Gasteiger partial charge in [0.2, 0.25) is 11.8 Å². The van der Waals surface area contributed by atoms with Crippen LogP contribution in [-0.2, 0) is 14.3 Å². The fourth-order valence-electron chi connectivity index (χ4n) is 2.67. The van der Waals surface area contributed by atoms with Crippen molar-refractivity contribution in [3.8, 4) is 5.75 Å². The number of likely N-dealkylation sites (N-methyl/N-ethyl adjacent to an activating group) is 1. The number of rotatable bonds is 6. The number of nitrogens with zero attached hydrogens (tertiary/aromatic N) is 1. The second-order valence-corrected chi connectivity index (χ2v) is 8.77. The number of hydrogen-bond acceptors (Lipinski definition) is 5. The number of carbonyl (C=O) groups excluding carboxylic acids is 3. The Labute approximate surface area is 172 Å². The van der Waals surface area contributed by atoms with Gasteiger partial charge in [-0.1, -0.05) is 12.1 Å². The Bertz CT molecular complexity index is 735. The average molecular weight is 408 g/mol. The molecule has 8 heteroatoms. The molecule has 0 bridgehead atoms. The minimum Gasteiger partial charge on any atom is -0.508 e. The van der Waals surface area contributed by atoms with Crippen molar-refractivity contribution in [2.24, 2.45) is 0 Å². The van der Waals surface area contributed by atoms with E-state index in [0.29, 0.717) is 5.56 Å². The minimum absolute atomic E-state index is 0.00793. The van der Waals surface area contributed by atoms with Crippen LogP contribution in [0.25, 0.3) is 0 Å². The number of phenols is 1. The molecule has 0 aromatic heterocycles. The van der Waals surface area contributed by atoms with Crippen LogP contribution in [0.3, 0.4) is 0 Å². The molecule has 0 aliphatic heterocycles. The van der Waals surface area contributed by atoms with Gasteiger partial charge in [-0.3, -0.25) is 9.59 Å². The maximum absolute atomic E-state index is 13.0. The molecule has 1 atom stereocenters. The zero-order valence-electron chi connectivity index (χ0n) is 18.3. The van der Waals surface area contributed by atoms with Crippen molar-refractivity contribution in [1.82, 2.24) is 15.5 Å². The van der Waals surface area contributed by atoms with Gasteiger partial charge in [-0.25, -0.2) is 4.79 Å². The van der Waals surface area contributed by atoms with Crippen molar-refractivity contribution in [3.63, 3.8) is 0 Å². The molecule has 0 heterocycles. The quantitative estimate of drug-likeness (QED) is 0.672. The smallest absolute Gasteiger partial charge is 0.408 e. The number of nitrogens with one attached hydrogen (secondary N) is 2. The van der Waals surface area contributed by atoms with Crippen molar-refractivity contribution >= 4 is 17.9 Å². The minimum atomic E-state index is -0.959. The van der Waals surface area contributed by atoms with E-state index in [1.807, 2.05) is 20.8 Å². The molecule has 3 amide bonds. The monoisotopic (exact) mass is 407 g/mol. The second-order valence-electron chi connectivity index (χ2n) is 8.77. The molecule has 0 aliphatic carbocycles. The zero-order valence-corrected chi connectivity index (χ0v) is 18.3. The van der Waals surface area contributed by atoms with Gasteiger partial charge in [-0.2, -0.15) is 0 Å². The van der Waals surface area contributed by atoms with Crippen LogP contribution in [-0.4, -0.2) is 52.1 Å². The largest absolute Gasteiger partial charge is 0.508 e. The van der Waals surface area contributed by atoms with Gasteiger partial charge in [-0.15, -0.1) is 0 Å². The fourth-order valence-corrected chi connectivity index (χ4v) is 2.67. The van der Waals surface area contributed by atoms with Gasteiger partial charge in [0, 0.05) is 12.1 Å². The number of alkyl carbamates (subject to hydrolysis) is 1. The number of aromatic hydroxyl groups is 1. The molecule has 0 spiro atoms. The Morgan fingerprint density at radius 2 is 1.76 bits per heavy atom. The summed E-state index contributed by atoms with van der Waals surface area (Å²) in [4.78, 5) is 39.0. The van der Waals surface area contributed by atoms with E-state index in [0.717, 1.165) is 0 Å². The predicted octanol–water partition coefficient (Wildman–Crippen LogP) is 2.72. The van der Waals surface area contributed by atoms with E-state index in [1.54, 1.807) is 39.8 Å². The molecule has 0 radical (unpaired) electrons. The third-order valence-corrected chi connectivity index (χ3v) is 3.69. The first-order valence-electron chi connectivity index (χ1n) is 9.61. The highest BCUT2D eigenvalue weighted by Crippen LogP contribution is 2.25. The fraction of sp³-hybridized carbons (Fsp3) is 0.571. The third-order valence-electron chi connectivity index (χ3n) is 3.69. The summed E-state index contributed by atoms with van der Waals surface area (Å²) in [5.41, 5.74) is -0.725. The molecule has 29 heavy (non-hydrogen) atoms. The lowest BCUT2D eigenvalue weighted by molar-refractivity contribution is -0.140. The van der Waals surface area contributed by atoms with Crippen LogP contribution in [0, 0.1) is 0 Å². The van der Waals surface area contributed by atoms with Crippen molar-refractivity contribution in [2.75, 3.05) is 13.1 Å². The number of hydrogen-bond donors (Lipinski definition) is 3. The number of benzene rings is 1. The van der Waals surface area contributed by atoms with Crippen LogP contribution in [0.5, 0.6) is 5.75 Å². The Balaban J connectivity index is 3.08. The Hall–Kier alpha value is -2.77. The van der Waals surface area contributed by atoms with E-state index in [4.69, 9.17) is 4.74 Å². The first-order chi connectivity index (χ1) is 13.2. The van der Waals surface area contributed by atoms with Gasteiger partial charge < -0.3 is 25.4 Å². The zero-order chi connectivity index (χ0) is 22.4. The molecule has 1 rings (SSSR count). The lowest BCUT2D eigenvalue weighted by Gasteiger charge is -2.33. The first-order valence-corrected chi connectivity index (χ1v) is 9.61. The molecule has 0 saturated heterocycles. The maximum atomic E-state index is 13.0. The van der Waals surface area contributed by atoms with Crippen LogP contribution in [0.2, 0.25) is 0 Å². The first kappa shape index (κ1) is 24.3. The van der Waals surface area contributed by atoms with Gasteiger partial charge >= 0.3 is 6.09 Å². The van der Waals surface area contributed by atoms with E-state index in [2.05, 4.69) is 10.6 Å². The Morgan fingerprint density at radius 1 is 1.14 bits per heavy atom. The van der Waals surface area contributed by atoms with E-state index in [1.165, 1.54) is 17.0 Å². The molecule has 1 aromatic rings. The Morgan fingerprint density at radius 3 is 2.24 bits per heavy atom. The number of phenolic OH excluding ortho intramolecular Hbond substituents is 1. The van der Waals surface area contributed by atoms with E-state index < -0.39 is 29.2 Å². The normalized spacial score (nSPS) is 12.7. The summed E-state index contributed by atoms with van der Waals surface area (Å²) < 4.78 is 5.14. The van der Waals surface area contributed by atoms with E-state index in [9.17, 15) is 19.5 Å². The van der Waals surface area contributed by atoms with Crippen molar-refractivity contribution in [2.45, 2.75) is 65.6 Å². The molecule has 1 unspecified atom stereocenters. The van der Waals surface area contributed by atoms with Gasteiger partial charge in [0.1, 0.15) is 23.9 Å². The highest BCUT2D eigenvalue weighted by molar-refractivity contribution is 5.90. The van der Waals surface area contributed by atoms with E-state index in [-0.39, 0.29) is 24.7 Å². The summed E-state index contributed by atoms with van der Waals surface area (Å²) in [6, 6.07) is 5.26. The van der Waals surface area contributed by atoms with Crippen molar-refractivity contribution in [1.29, 1.82) is 0 Å². The molecule has 0 fully saturated rings. The molecule has 8 nitrogen and oxygen atoms in total. The van der Waals surface area contributed by atoms with Crippen LogP contribution in [0.15, 0.2) is 24.3 Å². The molecular weight excluding hydrogens is 374 g/mol. The number of amides is 3. The number of ether oxygens (including phenoxy) is 1. The van der Waals surface area contributed by atoms with Crippen LogP contribution < -0.4 is 10.6 Å². The van der Waals surface area contributed by atoms with Crippen molar-refractivity contribution in [3.05, 3.63) is 29.8 Å². The molecule has 3 N–H and O–H groups in total. The average Bonchev–Trinajstić information content (AvgIpc) is 2.54. The lowest BCUT2D eigenvalue weighted by atomic mass is 10.0. The van der Waals surface area contributed by atoms with Gasteiger partial charge in [0.05, 0.1) is 0 Å². The summed E-state index contributed by atoms with van der Waals surface area (Å²) in [5.74, 6) is -0.835. The third kappa shape index (κ3) is 8.41. The Kier molecular flexibility index (Phi) is 8.05. The van der Waals surface area contributed by atoms with Gasteiger partial charge in [0.15, 0.2) is 0 Å². The van der Waals surface area contributed by atoms with Gasteiger partial charge in [-0.05, 0) is 66.2 Å². The van der Waals surface area contributed by atoms with Crippen LogP contribution in [0.4, 0.5) is 4.79 Å². The topological polar surface area (TPSA) is 108 Å². The van der Waals surface area contributed by atoms with Crippen LogP contribution in [0.1, 0.15) is 60.1 Å². The van der Waals surface area contributed by atoms with E-state index >= 15 is 0 Å². The van der Waals surface area contributed by atoms with Crippen LogP contribution >= 0.6 is 0 Å². The standard InChI is InChI=1S/C21H33N3O5/c1-8-24(16(26)13-22-19(28)29-21(5,6)7)17(18(27)23-20(2,3)4)14-10-9-11-15(25)12-14/h9-12,17,25H,8,13H2,1-7H3,(H,22,28)(H,23,27). The molecule has 0 aliphatic rings. The molecule has 162 valence electrons. The van der Waals surface area contributed by atoms with Crippen molar-refractivity contribution < 1.29 is 24.2 Å². The predicted molar refractivity (Wildman–Crippen MR) is 110 cm³/mol. The van der Waals surface area contributed by atoms with Gasteiger partial charge in [0.25, 0.3) is 0 Å². The maximum Gasteiger partial charge on any atom is 0.408 e. The molecular formula is C21H33N3O5. The summed E-state index contributed by atoms with van der Waals surface area (Å²) in [7, 11) is 0. The molecule has 0 saturated carbocycles. The summed E-state index contributed by atoms with van der Waals surface area (Å²) in [5, 5.41) is 15.1. The number of carbonyl (C=O) groups is 3. The lowest BCUT2D eigenvalue weighted by Crippen LogP contribution is -2.51. The molecule has 1 aromatic carbocycles. The second kappa shape index (κ2) is 9.62. The highest BCUT2D eigenvalue weighted by Gasteiger charge is 2.32. The highest BCUT2D eigenvalue weighted by atomic mass is 16.6. The summed E-state index contributed by atoms with van der Waals surface area (Å²) >= 11 is 0.